The summed E-state index contributed by atoms with van der Waals surface area (Å²) in [5.74, 6) is -0.470. The summed E-state index contributed by atoms with van der Waals surface area (Å²) in [4.78, 5) is 24.2. The maximum absolute atomic E-state index is 12.2. The molecule has 0 N–H and O–H groups in total. The van der Waals surface area contributed by atoms with Gasteiger partial charge in [0.15, 0.2) is 5.78 Å². The van der Waals surface area contributed by atoms with Gasteiger partial charge in [0.25, 0.3) is 0 Å². The van der Waals surface area contributed by atoms with Gasteiger partial charge in [-0.3, -0.25) is 9.59 Å². The second-order valence-corrected chi connectivity index (χ2v) is 5.19. The maximum atomic E-state index is 12.2. The average molecular weight is 291 g/mol. The van der Waals surface area contributed by atoms with Gasteiger partial charge in [-0.05, 0) is 17.7 Å². The van der Waals surface area contributed by atoms with Gasteiger partial charge in [-0.1, -0.05) is 47.5 Å². The molecule has 0 spiro atoms. The number of carbonyl (C=O) groups excluding carboxylic acids is 2. The van der Waals surface area contributed by atoms with Gasteiger partial charge in [-0.25, -0.2) is 0 Å². The van der Waals surface area contributed by atoms with Crippen molar-refractivity contribution < 1.29 is 9.59 Å². The van der Waals surface area contributed by atoms with Gasteiger partial charge in [-0.2, -0.15) is 0 Å². The van der Waals surface area contributed by atoms with Crippen molar-refractivity contribution in [3.63, 3.8) is 0 Å². The van der Waals surface area contributed by atoms with E-state index in [-0.39, 0.29) is 21.6 Å². The highest BCUT2D eigenvalue weighted by atomic mass is 35.5. The third-order valence-corrected chi connectivity index (χ3v) is 4.05. The zero-order chi connectivity index (χ0) is 13.6. The number of allylic oxidation sites excluding steroid dienone is 12. The number of hydrogen-bond acceptors (Lipinski definition) is 2. The highest BCUT2D eigenvalue weighted by Crippen LogP contribution is 2.40. The van der Waals surface area contributed by atoms with Crippen molar-refractivity contribution in [3.8, 4) is 0 Å². The first kappa shape index (κ1) is 12.4. The van der Waals surface area contributed by atoms with E-state index in [1.165, 1.54) is 6.08 Å². The molecule has 0 saturated heterocycles. The van der Waals surface area contributed by atoms with Crippen LogP contribution in [0.15, 0.2) is 68.8 Å². The molecule has 3 aliphatic rings. The van der Waals surface area contributed by atoms with Crippen LogP contribution in [-0.4, -0.2) is 11.6 Å². The number of rotatable bonds is 0. The van der Waals surface area contributed by atoms with Crippen LogP contribution in [0.25, 0.3) is 0 Å². The Hall–Kier alpha value is -1.64. The lowest BCUT2D eigenvalue weighted by Gasteiger charge is -2.10. The molecule has 0 aromatic carbocycles. The number of halogens is 2. The average Bonchev–Trinajstić information content (AvgIpc) is 2.61. The Balaban J connectivity index is 2.25. The minimum Gasteiger partial charge on any atom is -0.290 e. The number of ketones is 2. The standard InChI is InChI=1S/C15H8Cl2O2/c16-13-10-7-12(18)9-4-2-1-3-8(5-9)6-11(10)15(19)14(13)17/h1-4,6-7H,5H2. The van der Waals surface area contributed by atoms with E-state index >= 15 is 0 Å². The summed E-state index contributed by atoms with van der Waals surface area (Å²) in [6.45, 7) is 0. The van der Waals surface area contributed by atoms with Crippen LogP contribution in [-0.2, 0) is 9.59 Å². The second-order valence-electron chi connectivity index (χ2n) is 4.43. The fraction of sp³-hybridized carbons (Fsp3) is 0.0667. The lowest BCUT2D eigenvalue weighted by atomic mass is 9.93. The van der Waals surface area contributed by atoms with E-state index in [1.807, 2.05) is 18.2 Å². The van der Waals surface area contributed by atoms with Gasteiger partial charge >= 0.3 is 0 Å². The molecule has 0 aliphatic heterocycles. The molecule has 0 amide bonds. The van der Waals surface area contributed by atoms with Crippen LogP contribution in [0.4, 0.5) is 0 Å². The maximum Gasteiger partial charge on any atom is 0.206 e. The van der Waals surface area contributed by atoms with Crippen molar-refractivity contribution >= 4 is 34.8 Å². The molecule has 0 heterocycles. The molecule has 3 aliphatic carbocycles. The van der Waals surface area contributed by atoms with Crippen molar-refractivity contribution in [2.75, 3.05) is 0 Å². The minimum absolute atomic E-state index is 0.0219. The largest absolute Gasteiger partial charge is 0.290 e. The Morgan fingerprint density at radius 1 is 0.895 bits per heavy atom. The SMILES string of the molecule is O=C1C=C2C(=CC3=CC=CC=C1C3)C(=O)C(Cl)=C2Cl. The van der Waals surface area contributed by atoms with Gasteiger partial charge in [-0.15, -0.1) is 0 Å². The van der Waals surface area contributed by atoms with Gasteiger partial charge in [0.05, 0.1) is 5.03 Å². The van der Waals surface area contributed by atoms with Crippen molar-refractivity contribution in [3.05, 3.63) is 68.8 Å². The Labute approximate surface area is 120 Å². The van der Waals surface area contributed by atoms with Gasteiger partial charge in [0.1, 0.15) is 5.03 Å². The van der Waals surface area contributed by atoms with Crippen LogP contribution in [0.2, 0.25) is 0 Å². The second kappa shape index (κ2) is 4.48. The van der Waals surface area contributed by atoms with Crippen LogP contribution in [0.5, 0.6) is 0 Å². The Kier molecular flexibility index (Phi) is 2.92. The molecular weight excluding hydrogens is 283 g/mol. The predicted molar refractivity (Wildman–Crippen MR) is 74.8 cm³/mol. The fourth-order valence-electron chi connectivity index (χ4n) is 2.23. The zero-order valence-electron chi connectivity index (χ0n) is 9.74. The molecule has 4 heteroatoms. The first-order valence-electron chi connectivity index (χ1n) is 5.73. The monoisotopic (exact) mass is 290 g/mol. The summed E-state index contributed by atoms with van der Waals surface area (Å²) >= 11 is 11.9. The van der Waals surface area contributed by atoms with Gasteiger partial charge < -0.3 is 0 Å². The summed E-state index contributed by atoms with van der Waals surface area (Å²) < 4.78 is 0. The quantitative estimate of drug-likeness (QED) is 0.684. The van der Waals surface area contributed by atoms with E-state index in [0.717, 1.165) is 5.57 Å². The predicted octanol–water partition coefficient (Wildman–Crippen LogP) is 3.51. The Morgan fingerprint density at radius 3 is 2.42 bits per heavy atom. The molecule has 0 aromatic rings. The molecule has 0 saturated carbocycles. The fourth-order valence-corrected chi connectivity index (χ4v) is 2.67. The highest BCUT2D eigenvalue weighted by Gasteiger charge is 2.32. The van der Waals surface area contributed by atoms with Gasteiger partial charge in [0.2, 0.25) is 5.78 Å². The molecule has 94 valence electrons. The molecular formula is C15H8Cl2O2. The first-order valence-corrected chi connectivity index (χ1v) is 6.48. The molecule has 0 aromatic heterocycles. The number of fused-ring (bicyclic) bond motifs is 3. The molecule has 2 bridgehead atoms. The number of hydrogen-bond donors (Lipinski definition) is 0. The lowest BCUT2D eigenvalue weighted by Crippen LogP contribution is -2.06. The molecule has 0 fully saturated rings. The summed E-state index contributed by atoms with van der Waals surface area (Å²) in [6, 6.07) is 0. The Morgan fingerprint density at radius 2 is 1.63 bits per heavy atom. The molecule has 19 heavy (non-hydrogen) atoms. The number of Topliss-reactive ketones (excluding diaryl/α,β-unsaturated/α-hetero) is 1. The van der Waals surface area contributed by atoms with Crippen LogP contribution >= 0.6 is 23.2 Å². The van der Waals surface area contributed by atoms with E-state index < -0.39 is 0 Å². The lowest BCUT2D eigenvalue weighted by molar-refractivity contribution is -0.111. The van der Waals surface area contributed by atoms with E-state index in [1.54, 1.807) is 12.2 Å². The summed E-state index contributed by atoms with van der Waals surface area (Å²) in [6.07, 6.45) is 10.9. The van der Waals surface area contributed by atoms with Gasteiger partial charge in [0, 0.05) is 23.1 Å². The normalized spacial score (nSPS) is 22.0. The number of carbonyl (C=O) groups is 2. The van der Waals surface area contributed by atoms with Crippen molar-refractivity contribution in [1.82, 2.24) is 0 Å². The first-order chi connectivity index (χ1) is 9.08. The van der Waals surface area contributed by atoms with Crippen molar-refractivity contribution in [2.45, 2.75) is 6.42 Å². The van der Waals surface area contributed by atoms with Crippen molar-refractivity contribution in [2.24, 2.45) is 0 Å². The smallest absolute Gasteiger partial charge is 0.206 e. The molecule has 0 atom stereocenters. The van der Waals surface area contributed by atoms with Crippen LogP contribution in [0.3, 0.4) is 0 Å². The zero-order valence-corrected chi connectivity index (χ0v) is 11.3. The third kappa shape index (κ3) is 1.97. The molecule has 3 rings (SSSR count). The van der Waals surface area contributed by atoms with E-state index in [2.05, 4.69) is 0 Å². The van der Waals surface area contributed by atoms with Crippen LogP contribution in [0.1, 0.15) is 6.42 Å². The Bertz CT molecular complexity index is 698. The highest BCUT2D eigenvalue weighted by molar-refractivity contribution is 6.55. The van der Waals surface area contributed by atoms with Crippen molar-refractivity contribution in [1.29, 1.82) is 0 Å². The minimum atomic E-state index is -0.327. The third-order valence-electron chi connectivity index (χ3n) is 3.20. The topological polar surface area (TPSA) is 34.1 Å². The van der Waals surface area contributed by atoms with Crippen LogP contribution < -0.4 is 0 Å². The summed E-state index contributed by atoms with van der Waals surface area (Å²) in [5, 5.41) is 0.130. The molecule has 2 nitrogen and oxygen atoms in total. The molecule has 0 radical (unpaired) electrons. The summed E-state index contributed by atoms with van der Waals surface area (Å²) in [5.41, 5.74) is 2.37. The van der Waals surface area contributed by atoms with E-state index in [9.17, 15) is 9.59 Å². The summed E-state index contributed by atoms with van der Waals surface area (Å²) in [7, 11) is 0. The van der Waals surface area contributed by atoms with E-state index in [4.69, 9.17) is 23.2 Å². The van der Waals surface area contributed by atoms with E-state index in [0.29, 0.717) is 23.1 Å². The molecule has 0 unspecified atom stereocenters. The van der Waals surface area contributed by atoms with Crippen LogP contribution in [0, 0.1) is 0 Å².